The number of allylic oxidation sites excluding steroid dienone is 2. The zero-order valence-corrected chi connectivity index (χ0v) is 14.8. The van der Waals surface area contributed by atoms with Crippen LogP contribution in [0.5, 0.6) is 0 Å². The van der Waals surface area contributed by atoms with Gasteiger partial charge in [0.25, 0.3) is 0 Å². The van der Waals surface area contributed by atoms with Crippen molar-refractivity contribution in [1.82, 2.24) is 0 Å². The molecule has 2 heteroatoms. The van der Waals surface area contributed by atoms with E-state index in [2.05, 4.69) is 94.1 Å². The first-order chi connectivity index (χ1) is 11.8. The van der Waals surface area contributed by atoms with E-state index in [1.807, 2.05) is 0 Å². The summed E-state index contributed by atoms with van der Waals surface area (Å²) < 4.78 is 1.13. The van der Waals surface area contributed by atoms with Crippen molar-refractivity contribution in [2.24, 2.45) is 5.92 Å². The highest BCUT2D eigenvalue weighted by Gasteiger charge is 2.38. The summed E-state index contributed by atoms with van der Waals surface area (Å²) in [6, 6.07) is 22.4. The Labute approximate surface area is 150 Å². The first-order valence-electron chi connectivity index (χ1n) is 8.51. The number of halogens is 1. The number of hydrogen-bond acceptors (Lipinski definition) is 1. The Kier molecular flexibility index (Phi) is 3.27. The van der Waals surface area contributed by atoms with Crippen molar-refractivity contribution in [3.05, 3.63) is 88.4 Å². The first-order valence-corrected chi connectivity index (χ1v) is 9.31. The topological polar surface area (TPSA) is 12.0 Å². The van der Waals surface area contributed by atoms with Gasteiger partial charge < -0.3 is 5.32 Å². The Morgan fingerprint density at radius 3 is 2.62 bits per heavy atom. The Morgan fingerprint density at radius 1 is 0.917 bits per heavy atom. The molecule has 3 atom stereocenters. The van der Waals surface area contributed by atoms with Gasteiger partial charge in [0.05, 0.1) is 6.04 Å². The van der Waals surface area contributed by atoms with Gasteiger partial charge in [-0.1, -0.05) is 70.5 Å². The van der Waals surface area contributed by atoms with Crippen LogP contribution in [0.25, 0.3) is 10.8 Å². The SMILES string of the molecule is Brc1ccc(C2Nc3ccc4ccccc4c3C3C=CCC32)cc1. The minimum absolute atomic E-state index is 0.367. The van der Waals surface area contributed by atoms with E-state index >= 15 is 0 Å². The van der Waals surface area contributed by atoms with E-state index in [9.17, 15) is 0 Å². The van der Waals surface area contributed by atoms with E-state index in [1.165, 1.54) is 27.6 Å². The molecule has 24 heavy (non-hydrogen) atoms. The fourth-order valence-corrected chi connectivity index (χ4v) is 4.65. The molecule has 5 rings (SSSR count). The molecule has 0 bridgehead atoms. The number of fused-ring (bicyclic) bond motifs is 5. The quantitative estimate of drug-likeness (QED) is 0.483. The molecule has 3 aromatic carbocycles. The normalized spacial score (nSPS) is 24.5. The lowest BCUT2D eigenvalue weighted by molar-refractivity contribution is 0.427. The minimum Gasteiger partial charge on any atom is -0.378 e. The van der Waals surface area contributed by atoms with Crippen molar-refractivity contribution in [3.8, 4) is 0 Å². The van der Waals surface area contributed by atoms with Crippen LogP contribution in [-0.4, -0.2) is 0 Å². The fourth-order valence-electron chi connectivity index (χ4n) is 4.38. The highest BCUT2D eigenvalue weighted by Crippen LogP contribution is 2.51. The van der Waals surface area contributed by atoms with Gasteiger partial charge in [0, 0.05) is 16.1 Å². The van der Waals surface area contributed by atoms with Crippen LogP contribution in [0, 0.1) is 5.92 Å². The van der Waals surface area contributed by atoms with E-state index in [4.69, 9.17) is 0 Å². The molecule has 3 aromatic rings. The van der Waals surface area contributed by atoms with Gasteiger partial charge in [-0.25, -0.2) is 0 Å². The van der Waals surface area contributed by atoms with Crippen LogP contribution in [0.1, 0.15) is 29.5 Å². The number of nitrogens with one attached hydrogen (secondary N) is 1. The summed E-state index contributed by atoms with van der Waals surface area (Å²) in [7, 11) is 0. The summed E-state index contributed by atoms with van der Waals surface area (Å²) in [6.45, 7) is 0. The second kappa shape index (κ2) is 5.49. The first kappa shape index (κ1) is 14.3. The van der Waals surface area contributed by atoms with Crippen LogP contribution in [-0.2, 0) is 0 Å². The molecule has 0 aromatic heterocycles. The predicted octanol–water partition coefficient (Wildman–Crippen LogP) is 6.43. The lowest BCUT2D eigenvalue weighted by atomic mass is 9.75. The molecule has 1 nitrogen and oxygen atoms in total. The standard InChI is InChI=1S/C22H18BrN/c23-16-11-8-15(9-12-16)22-19-7-3-6-18(19)21-17-5-2-1-4-14(17)10-13-20(21)24-22/h1-6,8-13,18-19,22,24H,7H2. The van der Waals surface area contributed by atoms with Gasteiger partial charge in [-0.3, -0.25) is 0 Å². The van der Waals surface area contributed by atoms with Gasteiger partial charge >= 0.3 is 0 Å². The van der Waals surface area contributed by atoms with E-state index in [1.54, 1.807) is 0 Å². The monoisotopic (exact) mass is 375 g/mol. The second-order valence-electron chi connectivity index (χ2n) is 6.77. The highest BCUT2D eigenvalue weighted by molar-refractivity contribution is 9.10. The van der Waals surface area contributed by atoms with Crippen LogP contribution < -0.4 is 5.32 Å². The van der Waals surface area contributed by atoms with Crippen molar-refractivity contribution < 1.29 is 0 Å². The largest absolute Gasteiger partial charge is 0.378 e. The molecule has 1 heterocycles. The number of anilines is 1. The van der Waals surface area contributed by atoms with Crippen molar-refractivity contribution in [3.63, 3.8) is 0 Å². The molecule has 0 radical (unpaired) electrons. The molecule has 0 saturated heterocycles. The predicted molar refractivity (Wildman–Crippen MR) is 104 cm³/mol. The van der Waals surface area contributed by atoms with E-state index in [0.29, 0.717) is 17.9 Å². The fraction of sp³-hybridized carbons (Fsp3) is 0.182. The van der Waals surface area contributed by atoms with Crippen LogP contribution in [0.4, 0.5) is 5.69 Å². The molecular formula is C22H18BrN. The summed E-state index contributed by atoms with van der Waals surface area (Å²) in [5.74, 6) is 1.09. The van der Waals surface area contributed by atoms with E-state index in [-0.39, 0.29) is 0 Å². The number of hydrogen-bond donors (Lipinski definition) is 1. The summed E-state index contributed by atoms with van der Waals surface area (Å²) in [6.07, 6.45) is 5.92. The summed E-state index contributed by atoms with van der Waals surface area (Å²) >= 11 is 3.55. The maximum absolute atomic E-state index is 3.84. The van der Waals surface area contributed by atoms with Crippen molar-refractivity contribution in [2.45, 2.75) is 18.4 Å². The lowest BCUT2D eigenvalue weighted by Crippen LogP contribution is -2.29. The lowest BCUT2D eigenvalue weighted by Gasteiger charge is -2.38. The molecular weight excluding hydrogens is 358 g/mol. The van der Waals surface area contributed by atoms with Gasteiger partial charge in [-0.05, 0) is 52.4 Å². The maximum Gasteiger partial charge on any atom is 0.0553 e. The number of benzene rings is 3. The van der Waals surface area contributed by atoms with Gasteiger partial charge in [0.15, 0.2) is 0 Å². The molecule has 3 unspecified atom stereocenters. The average molecular weight is 376 g/mol. The Balaban J connectivity index is 1.67. The summed E-state index contributed by atoms with van der Waals surface area (Å²) in [5, 5.41) is 6.56. The second-order valence-corrected chi connectivity index (χ2v) is 7.69. The molecule has 1 N–H and O–H groups in total. The van der Waals surface area contributed by atoms with Gasteiger partial charge in [0.2, 0.25) is 0 Å². The number of rotatable bonds is 1. The third-order valence-electron chi connectivity index (χ3n) is 5.49. The van der Waals surface area contributed by atoms with Gasteiger partial charge in [0.1, 0.15) is 0 Å². The Morgan fingerprint density at radius 2 is 1.75 bits per heavy atom. The molecule has 0 spiro atoms. The van der Waals surface area contributed by atoms with Crippen LogP contribution in [0.15, 0.2) is 77.3 Å². The highest BCUT2D eigenvalue weighted by atomic mass is 79.9. The minimum atomic E-state index is 0.367. The van der Waals surface area contributed by atoms with Gasteiger partial charge in [-0.15, -0.1) is 0 Å². The van der Waals surface area contributed by atoms with E-state index in [0.717, 1.165) is 10.9 Å². The molecule has 2 aliphatic rings. The van der Waals surface area contributed by atoms with Gasteiger partial charge in [-0.2, -0.15) is 0 Å². The molecule has 118 valence electrons. The van der Waals surface area contributed by atoms with E-state index < -0.39 is 0 Å². The molecule has 0 amide bonds. The third-order valence-corrected chi connectivity index (χ3v) is 6.01. The third kappa shape index (κ3) is 2.13. The van der Waals surface area contributed by atoms with Crippen LogP contribution in [0.2, 0.25) is 0 Å². The Bertz CT molecular complexity index is 942. The zero-order valence-electron chi connectivity index (χ0n) is 13.2. The van der Waals surface area contributed by atoms with Crippen LogP contribution in [0.3, 0.4) is 0 Å². The molecule has 1 aliphatic carbocycles. The summed E-state index contributed by atoms with van der Waals surface area (Å²) in [4.78, 5) is 0. The zero-order chi connectivity index (χ0) is 16.1. The van der Waals surface area contributed by atoms with Crippen molar-refractivity contribution in [1.29, 1.82) is 0 Å². The molecule has 0 saturated carbocycles. The summed E-state index contributed by atoms with van der Waals surface area (Å²) in [5.41, 5.74) is 4.13. The Hall–Kier alpha value is -2.06. The maximum atomic E-state index is 3.84. The molecule has 0 fully saturated rings. The molecule has 1 aliphatic heterocycles. The average Bonchev–Trinajstić information content (AvgIpc) is 3.11. The smallest absolute Gasteiger partial charge is 0.0553 e. The van der Waals surface area contributed by atoms with Crippen molar-refractivity contribution in [2.75, 3.05) is 5.32 Å². The van der Waals surface area contributed by atoms with Crippen LogP contribution >= 0.6 is 15.9 Å². The van der Waals surface area contributed by atoms with Crippen molar-refractivity contribution >= 4 is 32.4 Å².